The van der Waals surface area contributed by atoms with Gasteiger partial charge in [0.2, 0.25) is 0 Å². The van der Waals surface area contributed by atoms with Gasteiger partial charge in [-0.2, -0.15) is 0 Å². The molecule has 5 heteroatoms. The van der Waals surface area contributed by atoms with Gasteiger partial charge >= 0.3 is 11.8 Å². The topological polar surface area (TPSA) is 92.4 Å². The van der Waals surface area contributed by atoms with Crippen molar-refractivity contribution in [1.82, 2.24) is 5.32 Å². The van der Waals surface area contributed by atoms with Crippen LogP contribution in [0.3, 0.4) is 0 Å². The Morgan fingerprint density at radius 2 is 2.20 bits per heavy atom. The van der Waals surface area contributed by atoms with E-state index in [1.807, 2.05) is 0 Å². The predicted octanol–water partition coefficient (Wildman–Crippen LogP) is -2.03. The molecule has 0 aromatic carbocycles. The van der Waals surface area contributed by atoms with E-state index in [1.165, 1.54) is 6.92 Å². The summed E-state index contributed by atoms with van der Waals surface area (Å²) in [6.45, 7) is 1.53. The zero-order chi connectivity index (χ0) is 8.15. The van der Waals surface area contributed by atoms with Gasteiger partial charge < -0.3 is 16.2 Å². The molecule has 0 aliphatic carbocycles. The summed E-state index contributed by atoms with van der Waals surface area (Å²) in [5, 5.41) is 10.7. The third kappa shape index (κ3) is 3.85. The number of aliphatic hydroxyl groups is 1. The summed E-state index contributed by atoms with van der Waals surface area (Å²) >= 11 is 0. The molecule has 0 heterocycles. The minimum absolute atomic E-state index is 0.0434. The SMILES string of the molecule is CC(O)CNC(=O)C(N)=O. The number of nitrogens with one attached hydrogen (secondary N) is 1. The zero-order valence-electron chi connectivity index (χ0n) is 5.63. The van der Waals surface area contributed by atoms with Gasteiger partial charge in [-0.05, 0) is 6.92 Å². The first-order chi connectivity index (χ1) is 4.54. The van der Waals surface area contributed by atoms with Crippen molar-refractivity contribution in [2.24, 2.45) is 5.73 Å². The van der Waals surface area contributed by atoms with Crippen molar-refractivity contribution in [3.05, 3.63) is 0 Å². The van der Waals surface area contributed by atoms with E-state index < -0.39 is 17.9 Å². The van der Waals surface area contributed by atoms with Gasteiger partial charge in [-0.15, -0.1) is 0 Å². The van der Waals surface area contributed by atoms with Crippen LogP contribution < -0.4 is 11.1 Å². The lowest BCUT2D eigenvalue weighted by Gasteiger charge is -2.03. The first kappa shape index (κ1) is 8.90. The highest BCUT2D eigenvalue weighted by Crippen LogP contribution is 1.73. The standard InChI is InChI=1S/C5H10N2O3/c1-3(8)2-7-5(10)4(6)9/h3,8H,2H2,1H3,(H2,6,9)(H,7,10). The fourth-order valence-electron chi connectivity index (χ4n) is 0.328. The van der Waals surface area contributed by atoms with Crippen molar-refractivity contribution in [1.29, 1.82) is 0 Å². The quantitative estimate of drug-likeness (QED) is 0.392. The second kappa shape index (κ2) is 3.84. The molecule has 1 unspecified atom stereocenters. The fraction of sp³-hybridized carbons (Fsp3) is 0.600. The number of aliphatic hydroxyl groups excluding tert-OH is 1. The van der Waals surface area contributed by atoms with E-state index in [9.17, 15) is 9.59 Å². The van der Waals surface area contributed by atoms with Gasteiger partial charge in [-0.1, -0.05) is 0 Å². The summed E-state index contributed by atoms with van der Waals surface area (Å²) < 4.78 is 0. The van der Waals surface area contributed by atoms with Crippen molar-refractivity contribution in [2.75, 3.05) is 6.54 Å². The van der Waals surface area contributed by atoms with Gasteiger partial charge in [0.15, 0.2) is 0 Å². The summed E-state index contributed by atoms with van der Waals surface area (Å²) in [6, 6.07) is 0. The molecule has 0 fully saturated rings. The van der Waals surface area contributed by atoms with Crippen molar-refractivity contribution < 1.29 is 14.7 Å². The molecule has 0 aromatic rings. The first-order valence-corrected chi connectivity index (χ1v) is 2.79. The Labute approximate surface area is 58.2 Å². The lowest BCUT2D eigenvalue weighted by molar-refractivity contribution is -0.137. The lowest BCUT2D eigenvalue weighted by Crippen LogP contribution is -2.39. The molecule has 0 radical (unpaired) electrons. The van der Waals surface area contributed by atoms with Crippen LogP contribution in [-0.2, 0) is 9.59 Å². The van der Waals surface area contributed by atoms with Crippen LogP contribution in [0, 0.1) is 0 Å². The van der Waals surface area contributed by atoms with Gasteiger partial charge in [-0.3, -0.25) is 9.59 Å². The highest BCUT2D eigenvalue weighted by atomic mass is 16.3. The normalized spacial score (nSPS) is 12.2. The highest BCUT2D eigenvalue weighted by molar-refractivity contribution is 6.34. The molecular formula is C5H10N2O3. The number of rotatable bonds is 2. The van der Waals surface area contributed by atoms with Gasteiger partial charge in [0.1, 0.15) is 0 Å². The molecule has 0 aliphatic heterocycles. The zero-order valence-corrected chi connectivity index (χ0v) is 5.63. The second-order valence-electron chi connectivity index (χ2n) is 1.92. The highest BCUT2D eigenvalue weighted by Gasteiger charge is 2.07. The maximum Gasteiger partial charge on any atom is 0.309 e. The van der Waals surface area contributed by atoms with E-state index >= 15 is 0 Å². The van der Waals surface area contributed by atoms with Crippen molar-refractivity contribution in [3.63, 3.8) is 0 Å². The summed E-state index contributed by atoms with van der Waals surface area (Å²) in [7, 11) is 0. The molecular weight excluding hydrogens is 136 g/mol. The van der Waals surface area contributed by atoms with E-state index in [0.29, 0.717) is 0 Å². The van der Waals surface area contributed by atoms with Crippen LogP contribution in [-0.4, -0.2) is 29.6 Å². The summed E-state index contributed by atoms with van der Waals surface area (Å²) in [4.78, 5) is 20.4. The van der Waals surface area contributed by atoms with Crippen LogP contribution in [0.1, 0.15) is 6.92 Å². The van der Waals surface area contributed by atoms with Crippen molar-refractivity contribution in [3.8, 4) is 0 Å². The molecule has 0 spiro atoms. The molecule has 58 valence electrons. The minimum Gasteiger partial charge on any atom is -0.392 e. The fourth-order valence-corrected chi connectivity index (χ4v) is 0.328. The summed E-state index contributed by atoms with van der Waals surface area (Å²) in [6.07, 6.45) is -0.664. The third-order valence-electron chi connectivity index (χ3n) is 0.782. The average Bonchev–Trinajstić information content (AvgIpc) is 1.82. The lowest BCUT2D eigenvalue weighted by atomic mass is 10.4. The van der Waals surface area contributed by atoms with Crippen LogP contribution in [0.2, 0.25) is 0 Å². The molecule has 2 amide bonds. The third-order valence-corrected chi connectivity index (χ3v) is 0.782. The number of carbonyl (C=O) groups is 2. The number of primary amides is 1. The number of amides is 2. The molecule has 4 N–H and O–H groups in total. The van der Waals surface area contributed by atoms with Gasteiger partial charge in [0.05, 0.1) is 6.10 Å². The monoisotopic (exact) mass is 146 g/mol. The Morgan fingerprint density at radius 3 is 2.50 bits per heavy atom. The smallest absolute Gasteiger partial charge is 0.309 e. The molecule has 0 aliphatic rings. The van der Waals surface area contributed by atoms with Crippen LogP contribution >= 0.6 is 0 Å². The van der Waals surface area contributed by atoms with E-state index in [0.717, 1.165) is 0 Å². The maximum absolute atomic E-state index is 10.4. The Kier molecular flexibility index (Phi) is 3.42. The van der Waals surface area contributed by atoms with Gasteiger partial charge in [0.25, 0.3) is 0 Å². The largest absolute Gasteiger partial charge is 0.392 e. The summed E-state index contributed by atoms with van der Waals surface area (Å²) in [5.74, 6) is -1.92. The Balaban J connectivity index is 3.50. The summed E-state index contributed by atoms with van der Waals surface area (Å²) in [5.41, 5.74) is 4.59. The van der Waals surface area contributed by atoms with Crippen LogP contribution in [0.25, 0.3) is 0 Å². The van der Waals surface area contributed by atoms with E-state index in [1.54, 1.807) is 0 Å². The number of nitrogens with two attached hydrogens (primary N) is 1. The Bertz CT molecular complexity index is 144. The first-order valence-electron chi connectivity index (χ1n) is 2.79. The Hall–Kier alpha value is -1.10. The maximum atomic E-state index is 10.4. The molecule has 0 bridgehead atoms. The number of hydrogen-bond donors (Lipinski definition) is 3. The molecule has 0 aromatic heterocycles. The van der Waals surface area contributed by atoms with Gasteiger partial charge in [0, 0.05) is 6.54 Å². The average molecular weight is 146 g/mol. The molecule has 0 rings (SSSR count). The molecule has 10 heavy (non-hydrogen) atoms. The van der Waals surface area contributed by atoms with Crippen LogP contribution in [0.4, 0.5) is 0 Å². The number of hydrogen-bond acceptors (Lipinski definition) is 3. The van der Waals surface area contributed by atoms with Crippen molar-refractivity contribution in [2.45, 2.75) is 13.0 Å². The van der Waals surface area contributed by atoms with Gasteiger partial charge in [-0.25, -0.2) is 0 Å². The molecule has 1 atom stereocenters. The van der Waals surface area contributed by atoms with Crippen molar-refractivity contribution >= 4 is 11.8 Å². The van der Waals surface area contributed by atoms with E-state index in [2.05, 4.69) is 11.1 Å². The van der Waals surface area contributed by atoms with E-state index in [4.69, 9.17) is 5.11 Å². The molecule has 5 nitrogen and oxygen atoms in total. The van der Waals surface area contributed by atoms with E-state index in [-0.39, 0.29) is 6.54 Å². The van der Waals surface area contributed by atoms with Crippen LogP contribution in [0.5, 0.6) is 0 Å². The molecule has 0 saturated heterocycles. The minimum atomic E-state index is -1.04. The Morgan fingerprint density at radius 1 is 1.70 bits per heavy atom. The predicted molar refractivity (Wildman–Crippen MR) is 33.9 cm³/mol. The second-order valence-corrected chi connectivity index (χ2v) is 1.92. The molecule has 0 saturated carbocycles. The number of carbonyl (C=O) groups excluding carboxylic acids is 2. The van der Waals surface area contributed by atoms with Crippen LogP contribution in [0.15, 0.2) is 0 Å².